The van der Waals surface area contributed by atoms with Gasteiger partial charge < -0.3 is 4.42 Å². The molecule has 2 rings (SSSR count). The molecule has 1 heterocycles. The molecule has 1 aromatic heterocycles. The fraction of sp³-hybridized carbons (Fsp3) is 0.200. The summed E-state index contributed by atoms with van der Waals surface area (Å²) in [5.41, 5.74) is 3.38. The van der Waals surface area contributed by atoms with Gasteiger partial charge in [0.1, 0.15) is 5.58 Å². The number of hydrogen-bond donors (Lipinski definition) is 0. The molecule has 0 radical (unpaired) electrons. The summed E-state index contributed by atoms with van der Waals surface area (Å²) in [5, 5.41) is 1.20. The van der Waals surface area contributed by atoms with Gasteiger partial charge in [-0.3, -0.25) is 0 Å². The average molecular weight is 225 g/mol. The predicted octanol–water partition coefficient (Wildman–Crippen LogP) is 3.81. The summed E-state index contributed by atoms with van der Waals surface area (Å²) in [4.78, 5) is 0. The van der Waals surface area contributed by atoms with Crippen molar-refractivity contribution < 1.29 is 4.42 Å². The molecule has 0 aliphatic heterocycles. The Morgan fingerprint density at radius 2 is 2.00 bits per heavy atom. The Hall–Kier alpha value is -0.760. The van der Waals surface area contributed by atoms with Gasteiger partial charge >= 0.3 is 0 Å². The fourth-order valence-electron chi connectivity index (χ4n) is 1.35. The number of furan rings is 1. The van der Waals surface area contributed by atoms with Gasteiger partial charge in [-0.05, 0) is 53.0 Å². The van der Waals surface area contributed by atoms with Gasteiger partial charge in [0.25, 0.3) is 0 Å². The maximum atomic E-state index is 5.39. The summed E-state index contributed by atoms with van der Waals surface area (Å²) in [6.07, 6.45) is 1.79. The van der Waals surface area contributed by atoms with Crippen molar-refractivity contribution in [3.05, 3.63) is 34.0 Å². The highest BCUT2D eigenvalue weighted by atomic mass is 79.9. The smallest absolute Gasteiger partial charge is 0.148 e. The first-order chi connectivity index (χ1) is 5.68. The van der Waals surface area contributed by atoms with Gasteiger partial charge in [0, 0.05) is 5.39 Å². The van der Waals surface area contributed by atoms with Gasteiger partial charge in [0.15, 0.2) is 0 Å². The maximum Gasteiger partial charge on any atom is 0.148 e. The lowest BCUT2D eigenvalue weighted by Gasteiger charge is -1.96. The van der Waals surface area contributed by atoms with Gasteiger partial charge in [-0.25, -0.2) is 0 Å². The van der Waals surface area contributed by atoms with Gasteiger partial charge in [-0.15, -0.1) is 0 Å². The molecule has 0 bridgehead atoms. The second kappa shape index (κ2) is 2.63. The molecular formula is C10H9BrO. The van der Waals surface area contributed by atoms with Crippen LogP contribution in [0, 0.1) is 13.8 Å². The molecule has 0 atom stereocenters. The molecule has 62 valence electrons. The predicted molar refractivity (Wildman–Crippen MR) is 53.4 cm³/mol. The van der Waals surface area contributed by atoms with Gasteiger partial charge in [-0.1, -0.05) is 0 Å². The van der Waals surface area contributed by atoms with Crippen LogP contribution in [0.25, 0.3) is 11.0 Å². The standard InChI is InChI=1S/C10H9BrO/c1-6-3-8-7(2)5-12-10(8)9(11)4-6/h3-5H,1-2H3. The molecule has 0 unspecified atom stereocenters. The first-order valence-electron chi connectivity index (χ1n) is 3.82. The lowest BCUT2D eigenvalue weighted by molar-refractivity contribution is 0.611. The van der Waals surface area contributed by atoms with E-state index < -0.39 is 0 Å². The molecule has 12 heavy (non-hydrogen) atoms. The van der Waals surface area contributed by atoms with Crippen molar-refractivity contribution in [1.29, 1.82) is 0 Å². The van der Waals surface area contributed by atoms with Crippen molar-refractivity contribution in [2.75, 3.05) is 0 Å². The normalized spacial score (nSPS) is 10.9. The van der Waals surface area contributed by atoms with E-state index in [0.29, 0.717) is 0 Å². The number of fused-ring (bicyclic) bond motifs is 1. The van der Waals surface area contributed by atoms with Crippen LogP contribution in [-0.2, 0) is 0 Å². The van der Waals surface area contributed by atoms with Crippen LogP contribution in [0.4, 0.5) is 0 Å². The van der Waals surface area contributed by atoms with Crippen LogP contribution in [0.2, 0.25) is 0 Å². The second-order valence-electron chi connectivity index (χ2n) is 3.04. The summed E-state index contributed by atoms with van der Waals surface area (Å²) in [7, 11) is 0. The third-order valence-corrected chi connectivity index (χ3v) is 2.56. The zero-order chi connectivity index (χ0) is 8.72. The second-order valence-corrected chi connectivity index (χ2v) is 3.90. The molecule has 0 aliphatic carbocycles. The molecule has 1 nitrogen and oxygen atoms in total. The average Bonchev–Trinajstić information content (AvgIpc) is 2.33. The molecular weight excluding hydrogens is 216 g/mol. The fourth-order valence-corrected chi connectivity index (χ4v) is 2.02. The molecule has 0 amide bonds. The highest BCUT2D eigenvalue weighted by Crippen LogP contribution is 2.28. The zero-order valence-electron chi connectivity index (χ0n) is 7.02. The van der Waals surface area contributed by atoms with E-state index in [4.69, 9.17) is 4.42 Å². The van der Waals surface area contributed by atoms with Crippen molar-refractivity contribution in [2.45, 2.75) is 13.8 Å². The highest BCUT2D eigenvalue weighted by molar-refractivity contribution is 9.10. The summed E-state index contributed by atoms with van der Waals surface area (Å²) in [6.45, 7) is 4.13. The van der Waals surface area contributed by atoms with E-state index in [1.54, 1.807) is 6.26 Å². The minimum atomic E-state index is 0.943. The van der Waals surface area contributed by atoms with Crippen LogP contribution in [-0.4, -0.2) is 0 Å². The largest absolute Gasteiger partial charge is 0.463 e. The Bertz CT molecular complexity index is 429. The number of benzene rings is 1. The summed E-state index contributed by atoms with van der Waals surface area (Å²) >= 11 is 3.47. The Morgan fingerprint density at radius 1 is 1.25 bits per heavy atom. The highest BCUT2D eigenvalue weighted by Gasteiger charge is 2.05. The van der Waals surface area contributed by atoms with Gasteiger partial charge in [0.05, 0.1) is 10.7 Å². The van der Waals surface area contributed by atoms with Gasteiger partial charge in [-0.2, -0.15) is 0 Å². The van der Waals surface area contributed by atoms with Crippen LogP contribution in [0.15, 0.2) is 27.3 Å². The molecule has 2 aromatic rings. The van der Waals surface area contributed by atoms with Crippen molar-refractivity contribution in [3.8, 4) is 0 Å². The number of rotatable bonds is 0. The molecule has 1 aromatic carbocycles. The number of halogens is 1. The Balaban J connectivity index is 2.92. The van der Waals surface area contributed by atoms with E-state index >= 15 is 0 Å². The topological polar surface area (TPSA) is 13.1 Å². The zero-order valence-corrected chi connectivity index (χ0v) is 8.60. The summed E-state index contributed by atoms with van der Waals surface area (Å²) < 4.78 is 6.42. The first-order valence-corrected chi connectivity index (χ1v) is 4.62. The molecule has 0 saturated carbocycles. The van der Waals surface area contributed by atoms with Crippen LogP contribution in [0.5, 0.6) is 0 Å². The van der Waals surface area contributed by atoms with Crippen molar-refractivity contribution in [3.63, 3.8) is 0 Å². The minimum Gasteiger partial charge on any atom is -0.463 e. The Morgan fingerprint density at radius 3 is 2.75 bits per heavy atom. The number of hydrogen-bond acceptors (Lipinski definition) is 1. The molecule has 0 spiro atoms. The molecule has 0 fully saturated rings. The monoisotopic (exact) mass is 224 g/mol. The van der Waals surface area contributed by atoms with Crippen LogP contribution >= 0.6 is 15.9 Å². The van der Waals surface area contributed by atoms with Crippen molar-refractivity contribution in [2.24, 2.45) is 0 Å². The lowest BCUT2D eigenvalue weighted by atomic mass is 10.1. The van der Waals surface area contributed by atoms with Crippen LogP contribution in [0.3, 0.4) is 0 Å². The minimum absolute atomic E-state index is 0.943. The maximum absolute atomic E-state index is 5.39. The van der Waals surface area contributed by atoms with E-state index in [0.717, 1.165) is 10.1 Å². The molecule has 2 heteroatoms. The van der Waals surface area contributed by atoms with Crippen molar-refractivity contribution >= 4 is 26.9 Å². The van der Waals surface area contributed by atoms with Crippen LogP contribution < -0.4 is 0 Å². The SMILES string of the molecule is Cc1cc(Br)c2occ(C)c2c1. The molecule has 0 saturated heterocycles. The molecule has 0 aliphatic rings. The van der Waals surface area contributed by atoms with E-state index in [1.807, 2.05) is 0 Å². The quantitative estimate of drug-likeness (QED) is 0.664. The Labute approximate surface area is 79.5 Å². The van der Waals surface area contributed by atoms with E-state index in [-0.39, 0.29) is 0 Å². The van der Waals surface area contributed by atoms with E-state index in [1.165, 1.54) is 16.5 Å². The first kappa shape index (κ1) is 7.87. The molecule has 0 N–H and O–H groups in total. The van der Waals surface area contributed by atoms with E-state index in [2.05, 4.69) is 41.9 Å². The van der Waals surface area contributed by atoms with Crippen molar-refractivity contribution in [1.82, 2.24) is 0 Å². The Kier molecular flexibility index (Phi) is 1.72. The summed E-state index contributed by atoms with van der Waals surface area (Å²) in [6, 6.07) is 4.20. The number of aryl methyl sites for hydroxylation is 2. The lowest BCUT2D eigenvalue weighted by Crippen LogP contribution is -1.74. The third-order valence-electron chi connectivity index (χ3n) is 1.97. The van der Waals surface area contributed by atoms with Gasteiger partial charge in [0.2, 0.25) is 0 Å². The van der Waals surface area contributed by atoms with E-state index in [9.17, 15) is 0 Å². The third kappa shape index (κ3) is 1.07. The summed E-state index contributed by atoms with van der Waals surface area (Å²) in [5.74, 6) is 0. The van der Waals surface area contributed by atoms with Crippen LogP contribution in [0.1, 0.15) is 11.1 Å².